The predicted octanol–water partition coefficient (Wildman–Crippen LogP) is 4.54. The fourth-order valence-corrected chi connectivity index (χ4v) is 3.99. The van der Waals surface area contributed by atoms with Crippen LogP contribution in [-0.4, -0.2) is 30.6 Å². The summed E-state index contributed by atoms with van der Waals surface area (Å²) in [5, 5.41) is 27.2. The molecule has 30 heavy (non-hydrogen) atoms. The van der Waals surface area contributed by atoms with Crippen molar-refractivity contribution in [2.24, 2.45) is 0 Å². The number of amides is 1. The number of rotatable bonds is 5. The first kappa shape index (κ1) is 19.9. The van der Waals surface area contributed by atoms with Crippen LogP contribution in [-0.2, 0) is 6.42 Å². The predicted molar refractivity (Wildman–Crippen MR) is 114 cm³/mol. The van der Waals surface area contributed by atoms with Gasteiger partial charge in [-0.1, -0.05) is 42.0 Å². The van der Waals surface area contributed by atoms with Gasteiger partial charge in [0.25, 0.3) is 11.6 Å². The van der Waals surface area contributed by atoms with Crippen LogP contribution in [0.3, 0.4) is 0 Å². The van der Waals surface area contributed by atoms with Crippen LogP contribution >= 0.6 is 22.9 Å². The van der Waals surface area contributed by atoms with Crippen molar-refractivity contribution in [3.8, 4) is 10.6 Å². The SMILES string of the molecule is CCc1nnc2sc(-c3ccc(C)c(NC(=O)c4ccc([N+](=O)[O-])cc4Cl)c3)nn12. The quantitative estimate of drug-likeness (QED) is 0.358. The number of non-ortho nitro benzene ring substituents is 1. The molecule has 0 fully saturated rings. The highest BCUT2D eigenvalue weighted by Crippen LogP contribution is 2.30. The molecule has 0 spiro atoms. The van der Waals surface area contributed by atoms with E-state index in [2.05, 4.69) is 20.6 Å². The summed E-state index contributed by atoms with van der Waals surface area (Å²) in [6, 6.07) is 9.36. The summed E-state index contributed by atoms with van der Waals surface area (Å²) in [7, 11) is 0. The van der Waals surface area contributed by atoms with Crippen LogP contribution in [0.2, 0.25) is 5.02 Å². The molecular formula is C19H15ClN6O3S. The third-order valence-electron chi connectivity index (χ3n) is 4.51. The second-order valence-electron chi connectivity index (χ2n) is 6.48. The van der Waals surface area contributed by atoms with Crippen molar-refractivity contribution < 1.29 is 9.72 Å². The van der Waals surface area contributed by atoms with Gasteiger partial charge in [-0.2, -0.15) is 9.61 Å². The van der Waals surface area contributed by atoms with Crippen molar-refractivity contribution in [3.05, 3.63) is 68.5 Å². The second kappa shape index (κ2) is 7.81. The Morgan fingerprint density at radius 2 is 2.07 bits per heavy atom. The van der Waals surface area contributed by atoms with E-state index in [1.807, 2.05) is 32.0 Å². The van der Waals surface area contributed by atoms with E-state index >= 15 is 0 Å². The molecule has 2 aromatic heterocycles. The molecule has 2 aromatic carbocycles. The van der Waals surface area contributed by atoms with Crippen molar-refractivity contribution in [1.29, 1.82) is 0 Å². The molecule has 4 rings (SSSR count). The first-order valence-corrected chi connectivity index (χ1v) is 10.1. The lowest BCUT2D eigenvalue weighted by atomic mass is 10.1. The topological polar surface area (TPSA) is 115 Å². The van der Waals surface area contributed by atoms with Crippen LogP contribution in [0.25, 0.3) is 15.5 Å². The number of carbonyl (C=O) groups is 1. The average Bonchev–Trinajstić information content (AvgIpc) is 3.30. The Bertz CT molecular complexity index is 1300. The zero-order chi connectivity index (χ0) is 21.4. The Labute approximate surface area is 179 Å². The number of halogens is 1. The summed E-state index contributed by atoms with van der Waals surface area (Å²) < 4.78 is 1.72. The van der Waals surface area contributed by atoms with Gasteiger partial charge in [-0.25, -0.2) is 0 Å². The minimum Gasteiger partial charge on any atom is -0.322 e. The van der Waals surface area contributed by atoms with Crippen LogP contribution in [0.4, 0.5) is 11.4 Å². The smallest absolute Gasteiger partial charge is 0.270 e. The molecule has 4 aromatic rings. The first-order chi connectivity index (χ1) is 14.4. The normalized spacial score (nSPS) is 11.0. The maximum Gasteiger partial charge on any atom is 0.270 e. The number of fused-ring (bicyclic) bond motifs is 1. The molecule has 0 aliphatic carbocycles. The van der Waals surface area contributed by atoms with Crippen molar-refractivity contribution >= 4 is 45.2 Å². The molecule has 0 aliphatic rings. The summed E-state index contributed by atoms with van der Waals surface area (Å²) in [6.07, 6.45) is 0.718. The maximum absolute atomic E-state index is 12.7. The zero-order valence-corrected chi connectivity index (χ0v) is 17.5. The highest BCUT2D eigenvalue weighted by Gasteiger charge is 2.17. The second-order valence-corrected chi connectivity index (χ2v) is 7.84. The Morgan fingerprint density at radius 1 is 1.27 bits per heavy atom. The van der Waals surface area contributed by atoms with E-state index in [0.717, 1.165) is 34.4 Å². The highest BCUT2D eigenvalue weighted by atomic mass is 35.5. The fourth-order valence-electron chi connectivity index (χ4n) is 2.88. The van der Waals surface area contributed by atoms with Gasteiger partial charge >= 0.3 is 0 Å². The zero-order valence-electron chi connectivity index (χ0n) is 15.9. The first-order valence-electron chi connectivity index (χ1n) is 8.94. The Hall–Kier alpha value is -3.37. The Balaban J connectivity index is 1.64. The van der Waals surface area contributed by atoms with Crippen molar-refractivity contribution in [1.82, 2.24) is 19.8 Å². The van der Waals surface area contributed by atoms with E-state index in [4.69, 9.17) is 11.6 Å². The molecule has 0 saturated heterocycles. The van der Waals surface area contributed by atoms with Crippen molar-refractivity contribution in [2.45, 2.75) is 20.3 Å². The van der Waals surface area contributed by atoms with E-state index < -0.39 is 10.8 Å². The molecule has 0 radical (unpaired) electrons. The standard InChI is InChI=1S/C19H15ClN6O3S/c1-3-16-22-23-19-25(16)24-18(30-19)11-5-4-10(2)15(8-11)21-17(27)13-7-6-12(26(28)29)9-14(13)20/h4-9H,3H2,1-2H3,(H,21,27). The number of nitrogens with one attached hydrogen (secondary N) is 1. The minimum absolute atomic E-state index is 0.0104. The number of nitro groups is 1. The van der Waals surface area contributed by atoms with Gasteiger partial charge in [0.2, 0.25) is 4.96 Å². The summed E-state index contributed by atoms with van der Waals surface area (Å²) in [4.78, 5) is 23.7. The maximum atomic E-state index is 12.7. The van der Waals surface area contributed by atoms with E-state index in [-0.39, 0.29) is 16.3 Å². The van der Waals surface area contributed by atoms with Gasteiger partial charge < -0.3 is 5.32 Å². The fraction of sp³-hybridized carbons (Fsp3) is 0.158. The lowest BCUT2D eigenvalue weighted by Crippen LogP contribution is -2.13. The van der Waals surface area contributed by atoms with Gasteiger partial charge in [-0.15, -0.1) is 10.2 Å². The van der Waals surface area contributed by atoms with Gasteiger partial charge in [-0.3, -0.25) is 14.9 Å². The molecular weight excluding hydrogens is 428 g/mol. The Kier molecular flexibility index (Phi) is 5.18. The molecule has 2 heterocycles. The van der Waals surface area contributed by atoms with Gasteiger partial charge in [0, 0.05) is 29.8 Å². The summed E-state index contributed by atoms with van der Waals surface area (Å²) in [5.74, 6) is 0.322. The molecule has 0 aliphatic heterocycles. The van der Waals surface area contributed by atoms with Crippen molar-refractivity contribution in [2.75, 3.05) is 5.32 Å². The summed E-state index contributed by atoms with van der Waals surface area (Å²) in [6.45, 7) is 3.85. The molecule has 0 saturated carbocycles. The van der Waals surface area contributed by atoms with E-state index in [9.17, 15) is 14.9 Å². The van der Waals surface area contributed by atoms with Crippen LogP contribution in [0, 0.1) is 17.0 Å². The van der Waals surface area contributed by atoms with E-state index in [0.29, 0.717) is 10.6 Å². The number of nitrogens with zero attached hydrogens (tertiary/aromatic N) is 5. The minimum atomic E-state index is -0.564. The van der Waals surface area contributed by atoms with Crippen molar-refractivity contribution in [3.63, 3.8) is 0 Å². The number of anilines is 1. The van der Waals surface area contributed by atoms with Crippen LogP contribution < -0.4 is 5.32 Å². The molecule has 0 atom stereocenters. The number of carbonyl (C=O) groups excluding carboxylic acids is 1. The third kappa shape index (κ3) is 3.62. The van der Waals surface area contributed by atoms with Crippen LogP contribution in [0.1, 0.15) is 28.7 Å². The molecule has 1 N–H and O–H groups in total. The number of benzene rings is 2. The van der Waals surface area contributed by atoms with Crippen LogP contribution in [0.5, 0.6) is 0 Å². The van der Waals surface area contributed by atoms with E-state index in [1.54, 1.807) is 4.52 Å². The highest BCUT2D eigenvalue weighted by molar-refractivity contribution is 7.19. The molecule has 11 heteroatoms. The summed E-state index contributed by atoms with van der Waals surface area (Å²) >= 11 is 7.48. The number of nitro benzene ring substituents is 1. The van der Waals surface area contributed by atoms with Gasteiger partial charge in [0.05, 0.1) is 15.5 Å². The Morgan fingerprint density at radius 3 is 2.77 bits per heavy atom. The lowest BCUT2D eigenvalue weighted by Gasteiger charge is -2.10. The number of aryl methyl sites for hydroxylation is 2. The molecule has 0 bridgehead atoms. The van der Waals surface area contributed by atoms with Gasteiger partial charge in [0.1, 0.15) is 5.01 Å². The van der Waals surface area contributed by atoms with Crippen LogP contribution in [0.15, 0.2) is 36.4 Å². The number of hydrogen-bond acceptors (Lipinski definition) is 7. The summed E-state index contributed by atoms with van der Waals surface area (Å²) in [5.41, 5.74) is 2.24. The monoisotopic (exact) mass is 442 g/mol. The van der Waals surface area contributed by atoms with E-state index in [1.165, 1.54) is 23.5 Å². The molecule has 9 nitrogen and oxygen atoms in total. The number of aromatic nitrogens is 4. The molecule has 152 valence electrons. The molecule has 0 unspecified atom stereocenters. The lowest BCUT2D eigenvalue weighted by molar-refractivity contribution is -0.384. The molecule has 1 amide bonds. The third-order valence-corrected chi connectivity index (χ3v) is 5.77. The number of hydrogen-bond donors (Lipinski definition) is 1. The largest absolute Gasteiger partial charge is 0.322 e. The van der Waals surface area contributed by atoms with Gasteiger partial charge in [0.15, 0.2) is 5.82 Å². The average molecular weight is 443 g/mol. The van der Waals surface area contributed by atoms with Gasteiger partial charge in [-0.05, 0) is 24.6 Å².